The van der Waals surface area contributed by atoms with Gasteiger partial charge in [0.1, 0.15) is 0 Å². The van der Waals surface area contributed by atoms with Crippen molar-refractivity contribution in [2.75, 3.05) is 11.1 Å². The number of benzene rings is 2. The fourth-order valence-electron chi connectivity index (χ4n) is 3.31. The van der Waals surface area contributed by atoms with Crippen molar-refractivity contribution in [1.82, 2.24) is 25.1 Å². The van der Waals surface area contributed by atoms with E-state index in [1.54, 1.807) is 23.1 Å². The molecule has 0 fully saturated rings. The van der Waals surface area contributed by atoms with Gasteiger partial charge in [0.15, 0.2) is 16.1 Å². The number of nitrogens with one attached hydrogen (secondary N) is 2. The molecule has 11 nitrogen and oxygen atoms in total. The van der Waals surface area contributed by atoms with Crippen molar-refractivity contribution < 1.29 is 14.5 Å². The number of nitro groups is 1. The molecular formula is C23H21N7O4S2. The van der Waals surface area contributed by atoms with E-state index in [-0.39, 0.29) is 29.5 Å². The van der Waals surface area contributed by atoms with Crippen LogP contribution in [0.4, 0.5) is 10.8 Å². The van der Waals surface area contributed by atoms with Gasteiger partial charge in [0, 0.05) is 34.5 Å². The number of amides is 2. The van der Waals surface area contributed by atoms with Crippen LogP contribution in [0.15, 0.2) is 59.2 Å². The van der Waals surface area contributed by atoms with Gasteiger partial charge in [-0.15, -0.1) is 21.5 Å². The minimum atomic E-state index is -0.519. The first-order valence-electron chi connectivity index (χ1n) is 10.7. The predicted octanol–water partition coefficient (Wildman–Crippen LogP) is 3.91. The summed E-state index contributed by atoms with van der Waals surface area (Å²) >= 11 is 2.53. The lowest BCUT2D eigenvalue weighted by Gasteiger charge is -2.12. The standard InChI is InChI=1S/C23H21N7O4S2/c1-14-4-3-5-17(10-14)29-19(12-25-21(32)16-7-6-15(2)18(11-16)30(33)34)27-28-23(29)36-13-20(31)26-22-24-8-9-35-22/h3-11H,12-13H2,1-2H3,(H,25,32)(H,24,26,31). The van der Waals surface area contributed by atoms with Crippen LogP contribution in [0.5, 0.6) is 0 Å². The van der Waals surface area contributed by atoms with Crippen molar-refractivity contribution in [3.05, 3.63) is 86.7 Å². The van der Waals surface area contributed by atoms with Crippen LogP contribution in [0.1, 0.15) is 27.3 Å². The summed E-state index contributed by atoms with van der Waals surface area (Å²) in [6, 6.07) is 12.0. The average molecular weight is 524 g/mol. The van der Waals surface area contributed by atoms with E-state index in [0.717, 1.165) is 11.3 Å². The fourth-order valence-corrected chi connectivity index (χ4v) is 4.63. The Kier molecular flexibility index (Phi) is 7.71. The molecule has 184 valence electrons. The van der Waals surface area contributed by atoms with Crippen molar-refractivity contribution in [2.45, 2.75) is 25.5 Å². The van der Waals surface area contributed by atoms with Gasteiger partial charge >= 0.3 is 0 Å². The van der Waals surface area contributed by atoms with Gasteiger partial charge in [-0.1, -0.05) is 30.0 Å². The molecule has 0 atom stereocenters. The number of carbonyl (C=O) groups is 2. The average Bonchev–Trinajstić information content (AvgIpc) is 3.51. The lowest BCUT2D eigenvalue weighted by molar-refractivity contribution is -0.385. The number of aromatic nitrogens is 4. The number of carbonyl (C=O) groups excluding carboxylic acids is 2. The van der Waals surface area contributed by atoms with E-state index in [4.69, 9.17) is 0 Å². The maximum Gasteiger partial charge on any atom is 0.273 e. The molecule has 0 radical (unpaired) electrons. The number of hydrogen-bond donors (Lipinski definition) is 2. The second-order valence-electron chi connectivity index (χ2n) is 7.69. The van der Waals surface area contributed by atoms with Gasteiger partial charge in [-0.05, 0) is 37.6 Å². The Hall–Kier alpha value is -4.10. The van der Waals surface area contributed by atoms with Crippen molar-refractivity contribution in [2.24, 2.45) is 0 Å². The third kappa shape index (κ3) is 5.93. The number of anilines is 1. The van der Waals surface area contributed by atoms with Gasteiger partial charge in [-0.3, -0.25) is 24.3 Å². The minimum Gasteiger partial charge on any atom is -0.345 e. The highest BCUT2D eigenvalue weighted by molar-refractivity contribution is 7.99. The van der Waals surface area contributed by atoms with Gasteiger partial charge in [0.2, 0.25) is 5.91 Å². The summed E-state index contributed by atoms with van der Waals surface area (Å²) in [6.07, 6.45) is 1.61. The molecule has 0 bridgehead atoms. The van der Waals surface area contributed by atoms with Gasteiger partial charge < -0.3 is 10.6 Å². The van der Waals surface area contributed by atoms with E-state index < -0.39 is 10.8 Å². The molecule has 2 N–H and O–H groups in total. The van der Waals surface area contributed by atoms with Crippen LogP contribution in [-0.4, -0.2) is 42.2 Å². The van der Waals surface area contributed by atoms with Crippen LogP contribution < -0.4 is 10.6 Å². The summed E-state index contributed by atoms with van der Waals surface area (Å²) in [4.78, 5) is 39.8. The van der Waals surface area contributed by atoms with Gasteiger partial charge in [0.05, 0.1) is 17.2 Å². The number of aryl methyl sites for hydroxylation is 2. The first kappa shape index (κ1) is 25.0. The number of thiazole rings is 1. The fraction of sp³-hybridized carbons (Fsp3) is 0.174. The monoisotopic (exact) mass is 523 g/mol. The summed E-state index contributed by atoms with van der Waals surface area (Å²) in [7, 11) is 0. The van der Waals surface area contributed by atoms with Crippen LogP contribution in [0.25, 0.3) is 5.69 Å². The molecule has 0 saturated carbocycles. The molecule has 0 saturated heterocycles. The van der Waals surface area contributed by atoms with Crippen LogP contribution in [-0.2, 0) is 11.3 Å². The second kappa shape index (κ2) is 11.1. The number of nitro benzene ring substituents is 1. The van der Waals surface area contributed by atoms with E-state index >= 15 is 0 Å². The van der Waals surface area contributed by atoms with E-state index in [9.17, 15) is 19.7 Å². The largest absolute Gasteiger partial charge is 0.345 e. The Morgan fingerprint density at radius 1 is 1.17 bits per heavy atom. The minimum absolute atomic E-state index is 0.0212. The molecular weight excluding hydrogens is 502 g/mol. The summed E-state index contributed by atoms with van der Waals surface area (Å²) in [5, 5.41) is 27.9. The SMILES string of the molecule is Cc1cccc(-n2c(CNC(=O)c3ccc(C)c([N+](=O)[O-])c3)nnc2SCC(=O)Nc2nccs2)c1. The molecule has 2 amide bonds. The normalized spacial score (nSPS) is 10.7. The van der Waals surface area contributed by atoms with Crippen LogP contribution >= 0.6 is 23.1 Å². The molecule has 0 unspecified atom stereocenters. The maximum atomic E-state index is 12.7. The zero-order chi connectivity index (χ0) is 25.7. The first-order chi connectivity index (χ1) is 17.3. The Balaban J connectivity index is 1.53. The molecule has 2 aromatic carbocycles. The zero-order valence-corrected chi connectivity index (χ0v) is 20.9. The highest BCUT2D eigenvalue weighted by Gasteiger charge is 2.19. The van der Waals surface area contributed by atoms with E-state index in [0.29, 0.717) is 21.7 Å². The highest BCUT2D eigenvalue weighted by atomic mass is 32.2. The molecule has 0 spiro atoms. The van der Waals surface area contributed by atoms with Crippen molar-refractivity contribution >= 4 is 45.7 Å². The maximum absolute atomic E-state index is 12.7. The molecule has 0 aliphatic carbocycles. The molecule has 13 heteroatoms. The zero-order valence-electron chi connectivity index (χ0n) is 19.3. The van der Waals surface area contributed by atoms with Crippen molar-refractivity contribution in [3.63, 3.8) is 0 Å². The van der Waals surface area contributed by atoms with Crippen molar-refractivity contribution in [1.29, 1.82) is 0 Å². The van der Waals surface area contributed by atoms with Crippen LogP contribution in [0.2, 0.25) is 0 Å². The summed E-state index contributed by atoms with van der Waals surface area (Å²) in [5.41, 5.74) is 2.30. The second-order valence-corrected chi connectivity index (χ2v) is 9.53. The van der Waals surface area contributed by atoms with Crippen LogP contribution in [0.3, 0.4) is 0 Å². The predicted molar refractivity (Wildman–Crippen MR) is 137 cm³/mol. The van der Waals surface area contributed by atoms with E-state index in [2.05, 4.69) is 25.8 Å². The topological polar surface area (TPSA) is 145 Å². The Morgan fingerprint density at radius 2 is 2.00 bits per heavy atom. The van der Waals surface area contributed by atoms with Gasteiger partial charge in [-0.25, -0.2) is 4.98 Å². The lowest BCUT2D eigenvalue weighted by atomic mass is 10.1. The number of hydrogen-bond acceptors (Lipinski definition) is 9. The Morgan fingerprint density at radius 3 is 2.72 bits per heavy atom. The van der Waals surface area contributed by atoms with Crippen LogP contribution in [0, 0.1) is 24.0 Å². The molecule has 2 aromatic heterocycles. The third-order valence-corrected chi connectivity index (χ3v) is 6.66. The third-order valence-electron chi connectivity index (χ3n) is 5.05. The Labute approximate surface area is 214 Å². The smallest absolute Gasteiger partial charge is 0.273 e. The molecule has 4 aromatic rings. The summed E-state index contributed by atoms with van der Waals surface area (Å²) in [6.45, 7) is 3.59. The quantitative estimate of drug-likeness (QED) is 0.191. The van der Waals surface area contributed by atoms with E-state index in [1.807, 2.05) is 31.2 Å². The molecule has 0 aliphatic heterocycles. The van der Waals surface area contributed by atoms with Gasteiger partial charge in [-0.2, -0.15) is 0 Å². The highest BCUT2D eigenvalue weighted by Crippen LogP contribution is 2.24. The summed E-state index contributed by atoms with van der Waals surface area (Å²) < 4.78 is 1.77. The van der Waals surface area contributed by atoms with Crippen molar-refractivity contribution in [3.8, 4) is 5.69 Å². The Bertz CT molecular complexity index is 1420. The molecule has 0 aliphatic rings. The number of thioether (sulfide) groups is 1. The number of nitrogens with zero attached hydrogens (tertiary/aromatic N) is 5. The molecule has 2 heterocycles. The molecule has 4 rings (SSSR count). The van der Waals surface area contributed by atoms with E-state index in [1.165, 1.54) is 41.3 Å². The lowest BCUT2D eigenvalue weighted by Crippen LogP contribution is -2.25. The number of rotatable bonds is 9. The summed E-state index contributed by atoms with van der Waals surface area (Å²) in [5.74, 6) is -0.181. The molecule has 36 heavy (non-hydrogen) atoms. The first-order valence-corrected chi connectivity index (χ1v) is 12.5. The van der Waals surface area contributed by atoms with Gasteiger partial charge in [0.25, 0.3) is 11.6 Å².